The largest absolute Gasteiger partial charge is 0.375 e. The second-order valence-electron chi connectivity index (χ2n) is 6.07. The number of nitrogen functional groups attached to an aromatic ring is 1. The summed E-state index contributed by atoms with van der Waals surface area (Å²) in [4.78, 5) is 19.2. The van der Waals surface area contributed by atoms with Crippen molar-refractivity contribution >= 4 is 22.4 Å². The molecule has 0 bridgehead atoms. The van der Waals surface area contributed by atoms with Gasteiger partial charge in [-0.2, -0.15) is 0 Å². The van der Waals surface area contributed by atoms with Crippen molar-refractivity contribution < 1.29 is 4.79 Å². The maximum absolute atomic E-state index is 12.4. The van der Waals surface area contributed by atoms with Crippen molar-refractivity contribution in [2.75, 3.05) is 18.8 Å². The number of amides is 1. The first-order valence-electron chi connectivity index (χ1n) is 6.31. The van der Waals surface area contributed by atoms with Gasteiger partial charge in [0.25, 0.3) is 5.91 Å². The quantitative estimate of drug-likeness (QED) is 0.850. The molecule has 2 heterocycles. The van der Waals surface area contributed by atoms with Crippen molar-refractivity contribution in [1.29, 1.82) is 0 Å². The molecule has 4 nitrogen and oxygen atoms in total. The molecule has 1 aromatic rings. The first-order valence-corrected chi connectivity index (χ1v) is 7.13. The number of aryl methyl sites for hydroxylation is 1. The van der Waals surface area contributed by atoms with E-state index < -0.39 is 0 Å². The summed E-state index contributed by atoms with van der Waals surface area (Å²) < 4.78 is 0. The van der Waals surface area contributed by atoms with Gasteiger partial charge in [0.2, 0.25) is 0 Å². The smallest absolute Gasteiger partial charge is 0.265 e. The highest BCUT2D eigenvalue weighted by Crippen LogP contribution is 2.34. The average molecular weight is 267 g/mol. The molecule has 0 saturated carbocycles. The third kappa shape index (κ3) is 2.51. The molecule has 1 amide bonds. The molecule has 1 fully saturated rings. The summed E-state index contributed by atoms with van der Waals surface area (Å²) in [6.45, 7) is 10.2. The van der Waals surface area contributed by atoms with Crippen molar-refractivity contribution in [2.45, 2.75) is 34.1 Å². The summed E-state index contributed by atoms with van der Waals surface area (Å²) in [5.74, 6) is 0.667. The fourth-order valence-electron chi connectivity index (χ4n) is 2.41. The van der Waals surface area contributed by atoms with Crippen molar-refractivity contribution in [3.8, 4) is 0 Å². The molecule has 1 unspecified atom stereocenters. The van der Waals surface area contributed by atoms with Crippen molar-refractivity contribution in [1.82, 2.24) is 9.88 Å². The van der Waals surface area contributed by atoms with Gasteiger partial charge in [-0.1, -0.05) is 32.1 Å². The number of anilines is 1. The molecule has 0 aromatic carbocycles. The molecule has 0 aliphatic carbocycles. The third-order valence-corrected chi connectivity index (χ3v) is 4.68. The summed E-state index contributed by atoms with van der Waals surface area (Å²) >= 11 is 1.29. The standard InChI is InChI=1S/C13H21N3OS/c1-8-10(18-12(14)15-8)11(17)16-6-5-9(7-16)13(2,3)4/h9H,5-7H2,1-4H3,(H2,14,15). The number of rotatable bonds is 1. The monoisotopic (exact) mass is 267 g/mol. The van der Waals surface area contributed by atoms with E-state index in [0.717, 1.165) is 25.2 Å². The lowest BCUT2D eigenvalue weighted by Crippen LogP contribution is -2.31. The van der Waals surface area contributed by atoms with Crippen LogP contribution in [-0.4, -0.2) is 28.9 Å². The number of carbonyl (C=O) groups is 1. The van der Waals surface area contributed by atoms with E-state index in [1.165, 1.54) is 11.3 Å². The van der Waals surface area contributed by atoms with Gasteiger partial charge in [-0.05, 0) is 24.7 Å². The zero-order chi connectivity index (χ0) is 13.5. The molecule has 18 heavy (non-hydrogen) atoms. The highest BCUT2D eigenvalue weighted by molar-refractivity contribution is 7.17. The van der Waals surface area contributed by atoms with Crippen molar-refractivity contribution in [2.24, 2.45) is 11.3 Å². The van der Waals surface area contributed by atoms with Crippen LogP contribution in [0.25, 0.3) is 0 Å². The van der Waals surface area contributed by atoms with E-state index in [1.54, 1.807) is 0 Å². The fourth-order valence-corrected chi connectivity index (χ4v) is 3.21. The Kier molecular flexibility index (Phi) is 3.36. The minimum atomic E-state index is 0.0912. The van der Waals surface area contributed by atoms with Crippen LogP contribution in [0.1, 0.15) is 42.6 Å². The van der Waals surface area contributed by atoms with Crippen LogP contribution in [0.3, 0.4) is 0 Å². The summed E-state index contributed by atoms with van der Waals surface area (Å²) in [7, 11) is 0. The first-order chi connectivity index (χ1) is 8.29. The van der Waals surface area contributed by atoms with Gasteiger partial charge in [0.1, 0.15) is 4.88 Å². The lowest BCUT2D eigenvalue weighted by molar-refractivity contribution is 0.0780. The van der Waals surface area contributed by atoms with Crippen molar-refractivity contribution in [3.63, 3.8) is 0 Å². The molecule has 1 aliphatic heterocycles. The minimum Gasteiger partial charge on any atom is -0.375 e. The molecule has 0 spiro atoms. The normalized spacial score (nSPS) is 20.4. The fraction of sp³-hybridized carbons (Fsp3) is 0.692. The summed E-state index contributed by atoms with van der Waals surface area (Å²) in [6.07, 6.45) is 1.09. The predicted molar refractivity (Wildman–Crippen MR) is 74.7 cm³/mol. The number of thiazole rings is 1. The van der Waals surface area contributed by atoms with Gasteiger partial charge in [0, 0.05) is 13.1 Å². The molecule has 1 atom stereocenters. The number of nitrogens with two attached hydrogens (primary N) is 1. The Morgan fingerprint density at radius 1 is 1.50 bits per heavy atom. The van der Waals surface area contributed by atoms with Crippen LogP contribution in [0, 0.1) is 18.3 Å². The second-order valence-corrected chi connectivity index (χ2v) is 7.10. The molecular formula is C13H21N3OS. The lowest BCUT2D eigenvalue weighted by Gasteiger charge is -2.26. The van der Waals surface area contributed by atoms with Gasteiger partial charge in [0.05, 0.1) is 5.69 Å². The molecule has 1 aromatic heterocycles. The molecular weight excluding hydrogens is 246 g/mol. The highest BCUT2D eigenvalue weighted by atomic mass is 32.1. The van der Waals surface area contributed by atoms with Crippen LogP contribution in [0.15, 0.2) is 0 Å². The summed E-state index contributed by atoms with van der Waals surface area (Å²) in [6, 6.07) is 0. The first kappa shape index (κ1) is 13.3. The van der Waals surface area contributed by atoms with E-state index in [0.29, 0.717) is 15.9 Å². The van der Waals surface area contributed by atoms with Crippen LogP contribution >= 0.6 is 11.3 Å². The minimum absolute atomic E-state index is 0.0912. The zero-order valence-electron chi connectivity index (χ0n) is 11.5. The van der Waals surface area contributed by atoms with Crippen LogP contribution in [0.2, 0.25) is 0 Å². The topological polar surface area (TPSA) is 59.2 Å². The van der Waals surface area contributed by atoms with Gasteiger partial charge in [0.15, 0.2) is 5.13 Å². The van der Waals surface area contributed by atoms with E-state index in [1.807, 2.05) is 11.8 Å². The Hall–Kier alpha value is -1.10. The number of carbonyl (C=O) groups excluding carboxylic acids is 1. The van der Waals surface area contributed by atoms with Gasteiger partial charge < -0.3 is 10.6 Å². The molecule has 2 rings (SSSR count). The maximum atomic E-state index is 12.4. The van der Waals surface area contributed by atoms with E-state index in [2.05, 4.69) is 25.8 Å². The Morgan fingerprint density at radius 2 is 2.17 bits per heavy atom. The van der Waals surface area contributed by atoms with Gasteiger partial charge in [-0.15, -0.1) is 0 Å². The molecule has 0 radical (unpaired) electrons. The van der Waals surface area contributed by atoms with E-state index in [-0.39, 0.29) is 11.3 Å². The predicted octanol–water partition coefficient (Wildman–Crippen LogP) is 2.54. The van der Waals surface area contributed by atoms with E-state index >= 15 is 0 Å². The van der Waals surface area contributed by atoms with Crippen LogP contribution in [0.4, 0.5) is 5.13 Å². The maximum Gasteiger partial charge on any atom is 0.265 e. The number of aromatic nitrogens is 1. The summed E-state index contributed by atoms with van der Waals surface area (Å²) in [5.41, 5.74) is 6.66. The SMILES string of the molecule is Cc1nc(N)sc1C(=O)N1CCC(C(C)(C)C)C1. The third-order valence-electron chi connectivity index (χ3n) is 3.71. The molecule has 1 aliphatic rings. The number of likely N-dealkylation sites (tertiary alicyclic amines) is 1. The molecule has 2 N–H and O–H groups in total. The Bertz CT molecular complexity index is 461. The Balaban J connectivity index is 2.11. The average Bonchev–Trinajstić information content (AvgIpc) is 2.83. The number of hydrogen-bond acceptors (Lipinski definition) is 4. The van der Waals surface area contributed by atoms with Crippen molar-refractivity contribution in [3.05, 3.63) is 10.6 Å². The van der Waals surface area contributed by atoms with Gasteiger partial charge in [-0.25, -0.2) is 4.98 Å². The highest BCUT2D eigenvalue weighted by Gasteiger charge is 2.35. The van der Waals surface area contributed by atoms with Crippen LogP contribution in [-0.2, 0) is 0 Å². The Morgan fingerprint density at radius 3 is 2.61 bits per heavy atom. The van der Waals surface area contributed by atoms with Crippen LogP contribution < -0.4 is 5.73 Å². The van der Waals surface area contributed by atoms with E-state index in [9.17, 15) is 4.79 Å². The van der Waals surface area contributed by atoms with Gasteiger partial charge >= 0.3 is 0 Å². The van der Waals surface area contributed by atoms with Crippen LogP contribution in [0.5, 0.6) is 0 Å². The number of nitrogens with zero attached hydrogens (tertiary/aromatic N) is 2. The Labute approximate surface area is 112 Å². The zero-order valence-corrected chi connectivity index (χ0v) is 12.3. The summed E-state index contributed by atoms with van der Waals surface area (Å²) in [5, 5.41) is 0.474. The number of hydrogen-bond donors (Lipinski definition) is 1. The molecule has 5 heteroatoms. The van der Waals surface area contributed by atoms with Gasteiger partial charge in [-0.3, -0.25) is 4.79 Å². The molecule has 100 valence electrons. The second kappa shape index (κ2) is 4.53. The molecule has 1 saturated heterocycles. The van der Waals surface area contributed by atoms with E-state index in [4.69, 9.17) is 5.73 Å². The lowest BCUT2D eigenvalue weighted by atomic mass is 9.80.